The van der Waals surface area contributed by atoms with Gasteiger partial charge in [-0.1, -0.05) is 42.0 Å². The molecule has 1 aliphatic rings. The number of hydrogen-bond acceptors (Lipinski definition) is 6. The lowest BCUT2D eigenvalue weighted by molar-refractivity contribution is 0.104. The molecule has 156 valence electrons. The molecule has 1 aliphatic carbocycles. The minimum absolute atomic E-state index is 0.0974. The van der Waals surface area contributed by atoms with Crippen LogP contribution < -0.4 is 0 Å². The lowest BCUT2D eigenvalue weighted by Crippen LogP contribution is -2.17. The number of rotatable bonds is 4. The highest BCUT2D eigenvalue weighted by Gasteiger charge is 2.27. The average molecular weight is 450 g/mol. The zero-order chi connectivity index (χ0) is 22.2. The molecule has 8 heteroatoms. The number of fused-ring (bicyclic) bond motifs is 1. The molecule has 3 aromatic rings. The van der Waals surface area contributed by atoms with Crippen molar-refractivity contribution >= 4 is 33.3 Å². The van der Waals surface area contributed by atoms with Crippen LogP contribution in [0.3, 0.4) is 0 Å². The minimum Gasteiger partial charge on any atom is -0.288 e. The van der Waals surface area contributed by atoms with Crippen molar-refractivity contribution in [1.82, 2.24) is 9.97 Å². The number of aromatic nitrogens is 2. The Labute approximate surface area is 185 Å². The fraction of sp³-hybridized carbons (Fsp3) is 0.130. The molecule has 0 radical (unpaired) electrons. The van der Waals surface area contributed by atoms with Crippen LogP contribution in [-0.4, -0.2) is 29.9 Å². The lowest BCUT2D eigenvalue weighted by atomic mass is 9.94. The first kappa shape index (κ1) is 21.1. The Hall–Kier alpha value is -3.10. The number of carbonyl (C=O) groups is 1. The molecular formula is C23H19N3O3S2. The first-order chi connectivity index (χ1) is 14.7. The molecule has 1 heterocycles. The Morgan fingerprint density at radius 2 is 1.48 bits per heavy atom. The Balaban J connectivity index is 1.82. The molecule has 2 aromatic carbocycles. The van der Waals surface area contributed by atoms with Gasteiger partial charge in [0.2, 0.25) is 5.78 Å². The number of carbonyl (C=O) groups excluding carboxylic acids is 1. The first-order valence-corrected chi connectivity index (χ1v) is 11.8. The molecular weight excluding hydrogens is 430 g/mol. The van der Waals surface area contributed by atoms with Gasteiger partial charge in [-0.2, -0.15) is 12.8 Å². The van der Waals surface area contributed by atoms with E-state index in [0.717, 1.165) is 28.7 Å². The van der Waals surface area contributed by atoms with Crippen LogP contribution in [0, 0.1) is 20.8 Å². The van der Waals surface area contributed by atoms with Crippen LogP contribution in [0.1, 0.15) is 32.9 Å². The SMILES string of the molecule is Cc1ccc(S(=O)(=O)/N=C2\C=C(Sc3nc(C)cc(C)n3)C(=O)c3ccccc32)cc1. The Morgan fingerprint density at radius 3 is 2.13 bits per heavy atom. The van der Waals surface area contributed by atoms with Gasteiger partial charge in [-0.15, -0.1) is 0 Å². The Kier molecular flexibility index (Phi) is 5.60. The van der Waals surface area contributed by atoms with Crippen LogP contribution in [0.5, 0.6) is 0 Å². The van der Waals surface area contributed by atoms with Gasteiger partial charge >= 0.3 is 0 Å². The van der Waals surface area contributed by atoms with Crippen LogP contribution in [0.2, 0.25) is 0 Å². The summed E-state index contributed by atoms with van der Waals surface area (Å²) in [4.78, 5) is 22.2. The lowest BCUT2D eigenvalue weighted by Gasteiger charge is -2.17. The standard InChI is InChI=1S/C23H19N3O3S2/c1-14-8-10-17(11-9-14)31(28,29)26-20-13-21(22(27)19-7-5-4-6-18(19)20)30-23-24-15(2)12-16(3)25-23/h4-13H,1-3H3/b26-20+. The largest absolute Gasteiger partial charge is 0.288 e. The smallest absolute Gasteiger partial charge is 0.282 e. The molecule has 4 rings (SSSR count). The number of nitrogens with zero attached hydrogens (tertiary/aromatic N) is 3. The molecule has 1 aromatic heterocycles. The highest BCUT2D eigenvalue weighted by Crippen LogP contribution is 2.33. The predicted octanol–water partition coefficient (Wildman–Crippen LogP) is 4.45. The Bertz CT molecular complexity index is 1340. The van der Waals surface area contributed by atoms with E-state index in [0.29, 0.717) is 21.2 Å². The molecule has 0 bridgehead atoms. The highest BCUT2D eigenvalue weighted by molar-refractivity contribution is 8.04. The molecule has 0 unspecified atom stereocenters. The zero-order valence-corrected chi connectivity index (χ0v) is 18.8. The molecule has 0 saturated carbocycles. The summed E-state index contributed by atoms with van der Waals surface area (Å²) < 4.78 is 29.9. The maximum Gasteiger partial charge on any atom is 0.282 e. The maximum atomic E-state index is 13.1. The maximum absolute atomic E-state index is 13.1. The van der Waals surface area contributed by atoms with Gasteiger partial charge in [-0.05, 0) is 56.8 Å². The molecule has 0 N–H and O–H groups in total. The van der Waals surface area contributed by atoms with Crippen molar-refractivity contribution in [2.24, 2.45) is 4.40 Å². The first-order valence-electron chi connectivity index (χ1n) is 9.50. The van der Waals surface area contributed by atoms with Gasteiger partial charge in [0.25, 0.3) is 10.0 Å². The van der Waals surface area contributed by atoms with Gasteiger partial charge in [0.1, 0.15) is 0 Å². The fourth-order valence-electron chi connectivity index (χ4n) is 3.19. The van der Waals surface area contributed by atoms with Crippen molar-refractivity contribution in [1.29, 1.82) is 0 Å². The molecule has 0 atom stereocenters. The normalized spacial score (nSPS) is 15.0. The van der Waals surface area contributed by atoms with Gasteiger partial charge < -0.3 is 0 Å². The number of aryl methyl sites for hydroxylation is 3. The van der Waals surface area contributed by atoms with Crippen molar-refractivity contribution < 1.29 is 13.2 Å². The topological polar surface area (TPSA) is 89.3 Å². The molecule has 0 fully saturated rings. The number of Topliss-reactive ketones (excluding diaryl/α,β-unsaturated/α-hetero) is 1. The third-order valence-electron chi connectivity index (χ3n) is 4.64. The van der Waals surface area contributed by atoms with E-state index in [1.54, 1.807) is 36.4 Å². The van der Waals surface area contributed by atoms with E-state index in [1.807, 2.05) is 26.8 Å². The third-order valence-corrected chi connectivity index (χ3v) is 6.83. The minimum atomic E-state index is -3.96. The van der Waals surface area contributed by atoms with Gasteiger partial charge in [0.15, 0.2) is 5.16 Å². The predicted molar refractivity (Wildman–Crippen MR) is 121 cm³/mol. The summed E-state index contributed by atoms with van der Waals surface area (Å²) in [5.74, 6) is -0.213. The van der Waals surface area contributed by atoms with E-state index in [2.05, 4.69) is 14.4 Å². The number of benzene rings is 2. The number of thioether (sulfide) groups is 1. The van der Waals surface area contributed by atoms with Crippen molar-refractivity contribution in [2.45, 2.75) is 30.8 Å². The number of sulfonamides is 1. The quantitative estimate of drug-likeness (QED) is 0.547. The van der Waals surface area contributed by atoms with Gasteiger partial charge in [-0.3, -0.25) is 4.79 Å². The number of hydrogen-bond donors (Lipinski definition) is 0. The summed E-state index contributed by atoms with van der Waals surface area (Å²) in [5, 5.41) is 0.428. The Morgan fingerprint density at radius 1 is 0.871 bits per heavy atom. The second-order valence-corrected chi connectivity index (χ2v) is 9.80. The third kappa shape index (κ3) is 4.50. The molecule has 0 aliphatic heterocycles. The van der Waals surface area contributed by atoms with Crippen LogP contribution in [0.15, 0.2) is 80.0 Å². The molecule has 0 spiro atoms. The van der Waals surface area contributed by atoms with Crippen molar-refractivity contribution in [3.8, 4) is 0 Å². The van der Waals surface area contributed by atoms with Gasteiger partial charge in [-0.25, -0.2) is 9.97 Å². The average Bonchev–Trinajstić information content (AvgIpc) is 2.71. The van der Waals surface area contributed by atoms with Crippen LogP contribution in [0.4, 0.5) is 0 Å². The van der Waals surface area contributed by atoms with Crippen LogP contribution in [0.25, 0.3) is 0 Å². The molecule has 6 nitrogen and oxygen atoms in total. The fourth-order valence-corrected chi connectivity index (χ4v) is 5.13. The van der Waals surface area contributed by atoms with Gasteiger partial charge in [0, 0.05) is 22.5 Å². The summed E-state index contributed by atoms with van der Waals surface area (Å²) in [6.45, 7) is 5.59. The van der Waals surface area contributed by atoms with Crippen molar-refractivity contribution in [2.75, 3.05) is 0 Å². The number of allylic oxidation sites excluding steroid dienone is 2. The molecule has 0 amide bonds. The van der Waals surface area contributed by atoms with E-state index >= 15 is 0 Å². The summed E-state index contributed by atoms with van der Waals surface area (Å²) in [5.41, 5.74) is 3.61. The highest BCUT2D eigenvalue weighted by atomic mass is 32.2. The van der Waals surface area contributed by atoms with E-state index in [1.165, 1.54) is 18.2 Å². The second kappa shape index (κ2) is 8.20. The second-order valence-electron chi connectivity index (χ2n) is 7.18. The number of ketones is 1. The zero-order valence-electron chi connectivity index (χ0n) is 17.2. The van der Waals surface area contributed by atoms with Gasteiger partial charge in [0.05, 0.1) is 15.5 Å². The molecule has 31 heavy (non-hydrogen) atoms. The summed E-state index contributed by atoms with van der Waals surface area (Å²) in [6, 6.07) is 15.2. The van der Waals surface area contributed by atoms with E-state index < -0.39 is 10.0 Å². The summed E-state index contributed by atoms with van der Waals surface area (Å²) >= 11 is 1.11. The summed E-state index contributed by atoms with van der Waals surface area (Å²) in [6.07, 6.45) is 1.50. The monoisotopic (exact) mass is 449 g/mol. The van der Waals surface area contributed by atoms with E-state index in [-0.39, 0.29) is 16.4 Å². The van der Waals surface area contributed by atoms with Crippen molar-refractivity contribution in [3.63, 3.8) is 0 Å². The van der Waals surface area contributed by atoms with Crippen LogP contribution >= 0.6 is 11.8 Å². The van der Waals surface area contributed by atoms with Crippen molar-refractivity contribution in [3.05, 3.63) is 93.7 Å². The van der Waals surface area contributed by atoms with E-state index in [4.69, 9.17) is 0 Å². The molecule has 0 saturated heterocycles. The van der Waals surface area contributed by atoms with E-state index in [9.17, 15) is 13.2 Å². The van der Waals surface area contributed by atoms with Crippen LogP contribution in [-0.2, 0) is 10.0 Å². The summed E-state index contributed by atoms with van der Waals surface area (Å²) in [7, 11) is -3.96.